The van der Waals surface area contributed by atoms with Crippen LogP contribution < -0.4 is 5.32 Å². The molecular weight excluding hydrogens is 232 g/mol. The largest absolute Gasteiger partial charge is 0.314 e. The number of aromatic nitrogens is 1. The number of hydrogen-bond donors (Lipinski definition) is 1. The minimum atomic E-state index is 0.662. The SMILES string of the molecule is CCCNC(CCc1ccncc1)CC(C)CCC. The smallest absolute Gasteiger partial charge is 0.0270 e. The van der Waals surface area contributed by atoms with E-state index in [0.29, 0.717) is 6.04 Å². The predicted octanol–water partition coefficient (Wildman–Crippen LogP) is 4.21. The van der Waals surface area contributed by atoms with Crippen molar-refractivity contribution in [2.45, 2.75) is 65.3 Å². The third-order valence-electron chi connectivity index (χ3n) is 3.68. The van der Waals surface area contributed by atoms with Crippen molar-refractivity contribution in [1.82, 2.24) is 10.3 Å². The van der Waals surface area contributed by atoms with Crippen LogP contribution in [0, 0.1) is 5.92 Å². The fraction of sp³-hybridized carbons (Fsp3) is 0.706. The van der Waals surface area contributed by atoms with E-state index in [1.807, 2.05) is 12.4 Å². The zero-order valence-corrected chi connectivity index (χ0v) is 12.9. The zero-order valence-electron chi connectivity index (χ0n) is 12.9. The second-order valence-electron chi connectivity index (χ2n) is 5.67. The quantitative estimate of drug-likeness (QED) is 0.683. The summed E-state index contributed by atoms with van der Waals surface area (Å²) in [7, 11) is 0. The molecule has 0 spiro atoms. The van der Waals surface area contributed by atoms with Gasteiger partial charge in [0.15, 0.2) is 0 Å². The second kappa shape index (κ2) is 9.96. The van der Waals surface area contributed by atoms with Crippen LogP contribution in [0.5, 0.6) is 0 Å². The average molecular weight is 262 g/mol. The van der Waals surface area contributed by atoms with E-state index >= 15 is 0 Å². The minimum Gasteiger partial charge on any atom is -0.314 e. The first-order valence-corrected chi connectivity index (χ1v) is 7.88. The van der Waals surface area contributed by atoms with Gasteiger partial charge in [0.2, 0.25) is 0 Å². The number of pyridine rings is 1. The van der Waals surface area contributed by atoms with Crippen molar-refractivity contribution in [3.05, 3.63) is 30.1 Å². The molecule has 0 aliphatic carbocycles. The van der Waals surface area contributed by atoms with E-state index in [9.17, 15) is 0 Å². The third kappa shape index (κ3) is 7.31. The lowest BCUT2D eigenvalue weighted by atomic mass is 9.93. The van der Waals surface area contributed by atoms with E-state index in [-0.39, 0.29) is 0 Å². The van der Waals surface area contributed by atoms with Crippen molar-refractivity contribution in [2.75, 3.05) is 6.54 Å². The molecule has 19 heavy (non-hydrogen) atoms. The number of aryl methyl sites for hydroxylation is 1. The number of rotatable bonds is 10. The summed E-state index contributed by atoms with van der Waals surface area (Å²) in [6.45, 7) is 8.04. The number of nitrogens with zero attached hydrogens (tertiary/aromatic N) is 1. The molecule has 0 fully saturated rings. The molecule has 1 aromatic heterocycles. The molecule has 0 aliphatic rings. The Morgan fingerprint density at radius 3 is 2.47 bits per heavy atom. The van der Waals surface area contributed by atoms with Gasteiger partial charge in [0, 0.05) is 18.4 Å². The minimum absolute atomic E-state index is 0.662. The van der Waals surface area contributed by atoms with Crippen LogP contribution in [0.15, 0.2) is 24.5 Å². The summed E-state index contributed by atoms with van der Waals surface area (Å²) in [6, 6.07) is 4.92. The van der Waals surface area contributed by atoms with E-state index in [1.165, 1.54) is 37.7 Å². The Bertz CT molecular complexity index is 310. The molecule has 108 valence electrons. The molecule has 0 saturated heterocycles. The second-order valence-corrected chi connectivity index (χ2v) is 5.67. The van der Waals surface area contributed by atoms with Crippen LogP contribution in [0.4, 0.5) is 0 Å². The number of hydrogen-bond acceptors (Lipinski definition) is 2. The fourth-order valence-corrected chi connectivity index (χ4v) is 2.64. The highest BCUT2D eigenvalue weighted by molar-refractivity contribution is 5.09. The first-order valence-electron chi connectivity index (χ1n) is 7.88. The van der Waals surface area contributed by atoms with Crippen molar-refractivity contribution < 1.29 is 0 Å². The Morgan fingerprint density at radius 2 is 1.84 bits per heavy atom. The first kappa shape index (κ1) is 16.2. The van der Waals surface area contributed by atoms with Gasteiger partial charge in [-0.2, -0.15) is 0 Å². The average Bonchev–Trinajstić information content (AvgIpc) is 2.43. The summed E-state index contributed by atoms with van der Waals surface area (Å²) in [4.78, 5) is 4.08. The molecule has 0 amide bonds. The summed E-state index contributed by atoms with van der Waals surface area (Å²) in [5.74, 6) is 0.830. The highest BCUT2D eigenvalue weighted by Crippen LogP contribution is 2.16. The lowest BCUT2D eigenvalue weighted by molar-refractivity contribution is 0.367. The fourth-order valence-electron chi connectivity index (χ4n) is 2.64. The molecule has 0 aliphatic heterocycles. The summed E-state index contributed by atoms with van der Waals surface area (Å²) >= 11 is 0. The van der Waals surface area contributed by atoms with Gasteiger partial charge in [0.25, 0.3) is 0 Å². The van der Waals surface area contributed by atoms with E-state index in [4.69, 9.17) is 0 Å². The Morgan fingerprint density at radius 1 is 1.11 bits per heavy atom. The zero-order chi connectivity index (χ0) is 13.9. The molecular formula is C17H30N2. The van der Waals surface area contributed by atoms with Crippen LogP contribution in [0.2, 0.25) is 0 Å². The molecule has 0 radical (unpaired) electrons. The van der Waals surface area contributed by atoms with Crippen molar-refractivity contribution in [3.8, 4) is 0 Å². The summed E-state index contributed by atoms with van der Waals surface area (Å²) < 4.78 is 0. The van der Waals surface area contributed by atoms with Crippen LogP contribution in [0.3, 0.4) is 0 Å². The molecule has 2 unspecified atom stereocenters. The van der Waals surface area contributed by atoms with E-state index < -0.39 is 0 Å². The van der Waals surface area contributed by atoms with E-state index in [1.54, 1.807) is 0 Å². The molecule has 2 nitrogen and oxygen atoms in total. The van der Waals surface area contributed by atoms with E-state index in [2.05, 4.69) is 43.2 Å². The van der Waals surface area contributed by atoms with Crippen LogP contribution in [0.1, 0.15) is 58.4 Å². The van der Waals surface area contributed by atoms with Gasteiger partial charge in [-0.05, 0) is 55.8 Å². The van der Waals surface area contributed by atoms with Crippen molar-refractivity contribution in [2.24, 2.45) is 5.92 Å². The Labute approximate surface area is 119 Å². The van der Waals surface area contributed by atoms with Crippen molar-refractivity contribution in [1.29, 1.82) is 0 Å². The molecule has 1 heterocycles. The van der Waals surface area contributed by atoms with Crippen molar-refractivity contribution in [3.63, 3.8) is 0 Å². The van der Waals surface area contributed by atoms with Gasteiger partial charge < -0.3 is 5.32 Å². The standard InChI is InChI=1S/C17H30N2/c1-4-6-15(3)14-17(19-11-5-2)8-7-16-9-12-18-13-10-16/h9-10,12-13,15,17,19H,4-8,11,14H2,1-3H3. The lowest BCUT2D eigenvalue weighted by Crippen LogP contribution is -2.32. The summed E-state index contributed by atoms with van der Waals surface area (Å²) in [6.07, 6.45) is 11.3. The maximum absolute atomic E-state index is 4.08. The number of nitrogens with one attached hydrogen (secondary N) is 1. The van der Waals surface area contributed by atoms with Crippen LogP contribution in [-0.4, -0.2) is 17.6 Å². The highest BCUT2D eigenvalue weighted by atomic mass is 14.9. The molecule has 0 aromatic carbocycles. The topological polar surface area (TPSA) is 24.9 Å². The van der Waals surface area contributed by atoms with Crippen molar-refractivity contribution >= 4 is 0 Å². The van der Waals surface area contributed by atoms with Gasteiger partial charge in [-0.1, -0.05) is 33.6 Å². The Balaban J connectivity index is 2.40. The normalized spacial score (nSPS) is 14.3. The molecule has 1 N–H and O–H groups in total. The van der Waals surface area contributed by atoms with Gasteiger partial charge in [0.05, 0.1) is 0 Å². The van der Waals surface area contributed by atoms with Crippen LogP contribution in [-0.2, 0) is 6.42 Å². The Kier molecular flexibility index (Phi) is 8.48. The third-order valence-corrected chi connectivity index (χ3v) is 3.68. The van der Waals surface area contributed by atoms with Gasteiger partial charge in [-0.15, -0.1) is 0 Å². The maximum Gasteiger partial charge on any atom is 0.0270 e. The van der Waals surface area contributed by atoms with Gasteiger partial charge >= 0.3 is 0 Å². The highest BCUT2D eigenvalue weighted by Gasteiger charge is 2.12. The maximum atomic E-state index is 4.08. The lowest BCUT2D eigenvalue weighted by Gasteiger charge is -2.22. The molecule has 1 aromatic rings. The van der Waals surface area contributed by atoms with Gasteiger partial charge in [-0.3, -0.25) is 4.98 Å². The first-order chi connectivity index (χ1) is 9.26. The molecule has 2 atom stereocenters. The molecule has 0 bridgehead atoms. The van der Waals surface area contributed by atoms with Gasteiger partial charge in [0.1, 0.15) is 0 Å². The van der Waals surface area contributed by atoms with Crippen LogP contribution in [0.25, 0.3) is 0 Å². The molecule has 1 rings (SSSR count). The Hall–Kier alpha value is -0.890. The monoisotopic (exact) mass is 262 g/mol. The van der Waals surface area contributed by atoms with Crippen LogP contribution >= 0.6 is 0 Å². The predicted molar refractivity (Wildman–Crippen MR) is 83.3 cm³/mol. The summed E-state index contributed by atoms with van der Waals surface area (Å²) in [5.41, 5.74) is 1.40. The summed E-state index contributed by atoms with van der Waals surface area (Å²) in [5, 5.41) is 3.71. The van der Waals surface area contributed by atoms with Gasteiger partial charge in [-0.25, -0.2) is 0 Å². The molecule has 0 saturated carbocycles. The van der Waals surface area contributed by atoms with E-state index in [0.717, 1.165) is 18.9 Å². The molecule has 2 heteroatoms.